The Balaban J connectivity index is 3.37. The Hall–Kier alpha value is -1.45. The summed E-state index contributed by atoms with van der Waals surface area (Å²) in [5.41, 5.74) is 4.64. The first-order valence-corrected chi connectivity index (χ1v) is 3.55. The summed E-state index contributed by atoms with van der Waals surface area (Å²) in [7, 11) is 0. The maximum Gasteiger partial charge on any atom is 0.417 e. The Morgan fingerprint density at radius 1 is 1.31 bits per heavy atom. The normalized spacial score (nSPS) is 11.3. The topological polar surface area (TPSA) is 26.0 Å². The number of benzene rings is 1. The van der Waals surface area contributed by atoms with Crippen molar-refractivity contribution in [3.05, 3.63) is 35.9 Å². The average molecular weight is 187 g/mol. The number of rotatable bonds is 1. The van der Waals surface area contributed by atoms with Gasteiger partial charge in [-0.2, -0.15) is 13.2 Å². The molecule has 0 aliphatic heterocycles. The molecule has 0 unspecified atom stereocenters. The Morgan fingerprint density at radius 3 is 2.31 bits per heavy atom. The Labute approximate surface area is 73.7 Å². The van der Waals surface area contributed by atoms with E-state index in [0.29, 0.717) is 0 Å². The third-order valence-electron chi connectivity index (χ3n) is 1.65. The predicted octanol–water partition coefficient (Wildman–Crippen LogP) is 2.93. The van der Waals surface area contributed by atoms with E-state index in [4.69, 9.17) is 5.73 Å². The van der Waals surface area contributed by atoms with Crippen molar-refractivity contribution in [2.75, 3.05) is 5.73 Å². The minimum absolute atomic E-state index is 0.0602. The summed E-state index contributed by atoms with van der Waals surface area (Å²) in [4.78, 5) is 0. The van der Waals surface area contributed by atoms with Gasteiger partial charge in [0.05, 0.1) is 5.56 Å². The maximum atomic E-state index is 12.3. The van der Waals surface area contributed by atoms with Crippen LogP contribution in [0.25, 0.3) is 6.08 Å². The fourth-order valence-electron chi connectivity index (χ4n) is 1.06. The minimum atomic E-state index is -4.38. The molecule has 13 heavy (non-hydrogen) atoms. The average Bonchev–Trinajstić information content (AvgIpc) is 2.02. The number of alkyl halides is 3. The van der Waals surface area contributed by atoms with Crippen LogP contribution in [0.3, 0.4) is 0 Å². The molecule has 70 valence electrons. The summed E-state index contributed by atoms with van der Waals surface area (Å²) in [6.45, 7) is 3.29. The maximum absolute atomic E-state index is 12.3. The van der Waals surface area contributed by atoms with Crippen molar-refractivity contribution in [3.63, 3.8) is 0 Å². The van der Waals surface area contributed by atoms with Gasteiger partial charge in [0, 0.05) is 11.3 Å². The quantitative estimate of drug-likeness (QED) is 0.672. The second-order valence-corrected chi connectivity index (χ2v) is 2.51. The molecule has 0 amide bonds. The molecule has 0 aromatic heterocycles. The van der Waals surface area contributed by atoms with Crippen molar-refractivity contribution >= 4 is 11.8 Å². The Morgan fingerprint density at radius 2 is 1.92 bits per heavy atom. The molecule has 0 saturated heterocycles. The summed E-state index contributed by atoms with van der Waals surface area (Å²) < 4.78 is 36.9. The fourth-order valence-corrected chi connectivity index (χ4v) is 1.06. The van der Waals surface area contributed by atoms with Crippen molar-refractivity contribution < 1.29 is 13.2 Å². The lowest BCUT2D eigenvalue weighted by Gasteiger charge is -2.11. The molecule has 0 spiro atoms. The Kier molecular flexibility index (Phi) is 2.32. The van der Waals surface area contributed by atoms with Gasteiger partial charge in [0.2, 0.25) is 0 Å². The van der Waals surface area contributed by atoms with E-state index in [9.17, 15) is 13.2 Å². The summed E-state index contributed by atoms with van der Waals surface area (Å²) >= 11 is 0. The molecule has 0 aliphatic carbocycles. The standard InChI is InChI=1S/C9H8F3N/c1-2-6-7(9(10,11)12)4-3-5-8(6)13/h2-5H,1,13H2. The molecule has 0 bridgehead atoms. The lowest BCUT2D eigenvalue weighted by Crippen LogP contribution is -2.08. The van der Waals surface area contributed by atoms with E-state index in [-0.39, 0.29) is 11.3 Å². The number of nitrogen functional groups attached to an aromatic ring is 1. The first-order valence-electron chi connectivity index (χ1n) is 3.55. The van der Waals surface area contributed by atoms with Crippen molar-refractivity contribution in [1.82, 2.24) is 0 Å². The highest BCUT2D eigenvalue weighted by molar-refractivity contribution is 5.67. The smallest absolute Gasteiger partial charge is 0.398 e. The Bertz CT molecular complexity index is 328. The van der Waals surface area contributed by atoms with Gasteiger partial charge in [-0.1, -0.05) is 18.7 Å². The lowest BCUT2D eigenvalue weighted by molar-refractivity contribution is -0.137. The monoisotopic (exact) mass is 187 g/mol. The molecule has 0 saturated carbocycles. The third-order valence-corrected chi connectivity index (χ3v) is 1.65. The van der Waals surface area contributed by atoms with E-state index in [1.807, 2.05) is 0 Å². The van der Waals surface area contributed by atoms with Gasteiger partial charge in [0.25, 0.3) is 0 Å². The molecule has 0 atom stereocenters. The van der Waals surface area contributed by atoms with Crippen molar-refractivity contribution in [1.29, 1.82) is 0 Å². The molecule has 0 aliphatic rings. The fraction of sp³-hybridized carbons (Fsp3) is 0.111. The van der Waals surface area contributed by atoms with Crippen LogP contribution in [-0.2, 0) is 6.18 Å². The van der Waals surface area contributed by atoms with Gasteiger partial charge < -0.3 is 5.73 Å². The van der Waals surface area contributed by atoms with Gasteiger partial charge >= 0.3 is 6.18 Å². The highest BCUT2D eigenvalue weighted by atomic mass is 19.4. The molecular weight excluding hydrogens is 179 g/mol. The van der Waals surface area contributed by atoms with Gasteiger partial charge in [-0.05, 0) is 12.1 Å². The van der Waals surface area contributed by atoms with E-state index < -0.39 is 11.7 Å². The predicted molar refractivity (Wildman–Crippen MR) is 45.9 cm³/mol. The zero-order valence-electron chi connectivity index (χ0n) is 6.73. The largest absolute Gasteiger partial charge is 0.417 e. The van der Waals surface area contributed by atoms with Crippen LogP contribution in [0.1, 0.15) is 11.1 Å². The van der Waals surface area contributed by atoms with Crippen LogP contribution >= 0.6 is 0 Å². The first kappa shape index (κ1) is 9.64. The molecule has 2 N–H and O–H groups in total. The molecule has 4 heteroatoms. The van der Waals surface area contributed by atoms with Crippen LogP contribution < -0.4 is 5.73 Å². The van der Waals surface area contributed by atoms with Gasteiger partial charge in [-0.15, -0.1) is 0 Å². The molecule has 0 fully saturated rings. The summed E-state index contributed by atoms with van der Waals surface area (Å²) in [5, 5.41) is 0. The number of halogens is 3. The molecule has 0 radical (unpaired) electrons. The SMILES string of the molecule is C=Cc1c(N)cccc1C(F)(F)F. The molecule has 1 aromatic rings. The van der Waals surface area contributed by atoms with Gasteiger partial charge in [0.1, 0.15) is 0 Å². The highest BCUT2D eigenvalue weighted by Gasteiger charge is 2.32. The van der Waals surface area contributed by atoms with E-state index in [1.165, 1.54) is 12.1 Å². The summed E-state index contributed by atoms with van der Waals surface area (Å²) in [6, 6.07) is 3.66. The van der Waals surface area contributed by atoms with Crippen LogP contribution in [0.15, 0.2) is 24.8 Å². The number of nitrogens with two attached hydrogens (primary N) is 1. The van der Waals surface area contributed by atoms with Gasteiger partial charge in [0.15, 0.2) is 0 Å². The van der Waals surface area contributed by atoms with E-state index in [1.54, 1.807) is 0 Å². The van der Waals surface area contributed by atoms with E-state index in [2.05, 4.69) is 6.58 Å². The van der Waals surface area contributed by atoms with Crippen LogP contribution in [0.2, 0.25) is 0 Å². The molecular formula is C9H8F3N. The van der Waals surface area contributed by atoms with Crippen LogP contribution in [0, 0.1) is 0 Å². The number of anilines is 1. The first-order chi connectivity index (χ1) is 5.96. The van der Waals surface area contributed by atoms with Crippen LogP contribution in [0.5, 0.6) is 0 Å². The van der Waals surface area contributed by atoms with Gasteiger partial charge in [-0.3, -0.25) is 0 Å². The second-order valence-electron chi connectivity index (χ2n) is 2.51. The number of hydrogen-bond acceptors (Lipinski definition) is 1. The van der Waals surface area contributed by atoms with Crippen molar-refractivity contribution in [3.8, 4) is 0 Å². The van der Waals surface area contributed by atoms with E-state index in [0.717, 1.165) is 12.1 Å². The number of hydrogen-bond donors (Lipinski definition) is 1. The molecule has 1 aromatic carbocycles. The second kappa shape index (κ2) is 3.12. The molecule has 1 rings (SSSR count). The van der Waals surface area contributed by atoms with Crippen LogP contribution in [-0.4, -0.2) is 0 Å². The van der Waals surface area contributed by atoms with Crippen molar-refractivity contribution in [2.45, 2.75) is 6.18 Å². The highest BCUT2D eigenvalue weighted by Crippen LogP contribution is 2.34. The van der Waals surface area contributed by atoms with Crippen molar-refractivity contribution in [2.24, 2.45) is 0 Å². The lowest BCUT2D eigenvalue weighted by atomic mass is 10.1. The minimum Gasteiger partial charge on any atom is -0.398 e. The van der Waals surface area contributed by atoms with Crippen LogP contribution in [0.4, 0.5) is 18.9 Å². The van der Waals surface area contributed by atoms with E-state index >= 15 is 0 Å². The summed E-state index contributed by atoms with van der Waals surface area (Å²) in [5.74, 6) is 0. The third kappa shape index (κ3) is 1.83. The summed E-state index contributed by atoms with van der Waals surface area (Å²) in [6.07, 6.45) is -3.27. The molecule has 1 nitrogen and oxygen atoms in total. The van der Waals surface area contributed by atoms with Gasteiger partial charge in [-0.25, -0.2) is 0 Å². The zero-order chi connectivity index (χ0) is 10.1. The molecule has 0 heterocycles. The zero-order valence-corrected chi connectivity index (χ0v) is 6.73.